The van der Waals surface area contributed by atoms with Crippen molar-refractivity contribution in [2.45, 2.75) is 6.10 Å². The minimum atomic E-state index is -0.246. The highest BCUT2D eigenvalue weighted by Gasteiger charge is 2.27. The van der Waals surface area contributed by atoms with Gasteiger partial charge in [0, 0.05) is 22.9 Å². The van der Waals surface area contributed by atoms with Crippen molar-refractivity contribution < 1.29 is 4.74 Å². The number of rotatable bonds is 3. The third kappa shape index (κ3) is 2.93. The lowest BCUT2D eigenvalue weighted by Crippen LogP contribution is -2.15. The summed E-state index contributed by atoms with van der Waals surface area (Å²) < 4.78 is 8.50. The maximum atomic E-state index is 6.41. The molecule has 1 unspecified atom stereocenters. The summed E-state index contributed by atoms with van der Waals surface area (Å²) in [5.41, 5.74) is 4.19. The highest BCUT2D eigenvalue weighted by atomic mass is 16.5. The summed E-state index contributed by atoms with van der Waals surface area (Å²) >= 11 is 0. The van der Waals surface area contributed by atoms with E-state index in [2.05, 4.69) is 47.2 Å². The molecule has 0 saturated carbocycles. The maximum Gasteiger partial charge on any atom is 0.182 e. The zero-order valence-corrected chi connectivity index (χ0v) is 14.7. The summed E-state index contributed by atoms with van der Waals surface area (Å²) in [5, 5.41) is 0. The van der Waals surface area contributed by atoms with Crippen molar-refractivity contribution in [3.8, 4) is 11.3 Å². The van der Waals surface area contributed by atoms with Crippen molar-refractivity contribution >= 4 is 12.0 Å². The molecule has 0 fully saturated rings. The van der Waals surface area contributed by atoms with Gasteiger partial charge in [-0.25, -0.2) is 4.98 Å². The number of nitrogens with zero attached hydrogens (tertiary/aromatic N) is 2. The van der Waals surface area contributed by atoms with Crippen LogP contribution in [0.1, 0.15) is 23.1 Å². The summed E-state index contributed by atoms with van der Waals surface area (Å²) in [6.45, 7) is 0. The fraction of sp³-hybridized carbons (Fsp3) is 0.0417. The molecular weight excluding hydrogens is 332 g/mol. The van der Waals surface area contributed by atoms with E-state index in [1.54, 1.807) is 0 Å². The third-order valence-electron chi connectivity index (χ3n) is 4.73. The lowest BCUT2D eigenvalue weighted by Gasteiger charge is -2.25. The molecule has 27 heavy (non-hydrogen) atoms. The van der Waals surface area contributed by atoms with E-state index in [0.29, 0.717) is 0 Å². The first-order valence-electron chi connectivity index (χ1n) is 9.01. The van der Waals surface area contributed by atoms with Gasteiger partial charge in [-0.05, 0) is 0 Å². The molecule has 1 aromatic heterocycles. The van der Waals surface area contributed by atoms with Gasteiger partial charge in [0.05, 0.1) is 11.9 Å². The first kappa shape index (κ1) is 15.6. The van der Waals surface area contributed by atoms with Gasteiger partial charge in [-0.15, -0.1) is 0 Å². The molecular formula is C24H18N2O. The van der Waals surface area contributed by atoms with Crippen LogP contribution in [0.5, 0.6) is 0 Å². The zero-order chi connectivity index (χ0) is 18.1. The minimum Gasteiger partial charge on any atom is -0.476 e. The predicted molar refractivity (Wildman–Crippen MR) is 108 cm³/mol. The summed E-state index contributed by atoms with van der Waals surface area (Å²) in [5.74, 6) is 1.73. The number of imidazole rings is 1. The van der Waals surface area contributed by atoms with Gasteiger partial charge in [-0.1, -0.05) is 91.0 Å². The van der Waals surface area contributed by atoms with Crippen LogP contribution in [0.25, 0.3) is 23.2 Å². The van der Waals surface area contributed by atoms with E-state index in [9.17, 15) is 0 Å². The number of aromatic nitrogens is 2. The predicted octanol–water partition coefficient (Wildman–Crippen LogP) is 5.63. The van der Waals surface area contributed by atoms with Crippen molar-refractivity contribution in [2.75, 3.05) is 0 Å². The Bertz CT molecular complexity index is 1080. The summed E-state index contributed by atoms with van der Waals surface area (Å²) in [6, 6.07) is 30.7. The number of hydrogen-bond acceptors (Lipinski definition) is 2. The average molecular weight is 350 g/mol. The number of hydrogen-bond donors (Lipinski definition) is 0. The molecule has 5 rings (SSSR count). The van der Waals surface area contributed by atoms with Crippen LogP contribution >= 0.6 is 0 Å². The SMILES string of the molecule is C1=C(c2ccccc2)OC(c2ccccc2)c2nc(-c3ccccc3)cn21. The quantitative estimate of drug-likeness (QED) is 0.479. The summed E-state index contributed by atoms with van der Waals surface area (Å²) in [7, 11) is 0. The topological polar surface area (TPSA) is 27.1 Å². The van der Waals surface area contributed by atoms with Crippen molar-refractivity contribution in [3.63, 3.8) is 0 Å². The third-order valence-corrected chi connectivity index (χ3v) is 4.73. The Morgan fingerprint density at radius 2 is 1.30 bits per heavy atom. The van der Waals surface area contributed by atoms with Gasteiger partial charge < -0.3 is 9.30 Å². The Kier molecular flexibility index (Phi) is 3.83. The van der Waals surface area contributed by atoms with E-state index < -0.39 is 0 Å². The monoisotopic (exact) mass is 350 g/mol. The van der Waals surface area contributed by atoms with Crippen molar-refractivity contribution in [3.05, 3.63) is 114 Å². The maximum absolute atomic E-state index is 6.41. The molecule has 0 N–H and O–H groups in total. The first-order valence-corrected chi connectivity index (χ1v) is 9.01. The summed E-state index contributed by atoms with van der Waals surface area (Å²) in [6.07, 6.45) is 3.85. The molecule has 3 heteroatoms. The second-order valence-electron chi connectivity index (χ2n) is 6.53. The van der Waals surface area contributed by atoms with E-state index >= 15 is 0 Å². The molecule has 2 heterocycles. The van der Waals surface area contributed by atoms with E-state index in [4.69, 9.17) is 9.72 Å². The van der Waals surface area contributed by atoms with Gasteiger partial charge in [0.25, 0.3) is 0 Å². The molecule has 1 aliphatic rings. The lowest BCUT2D eigenvalue weighted by atomic mass is 10.1. The van der Waals surface area contributed by atoms with E-state index in [0.717, 1.165) is 34.0 Å². The van der Waals surface area contributed by atoms with Gasteiger partial charge in [-0.3, -0.25) is 0 Å². The van der Waals surface area contributed by atoms with Crippen LogP contribution in [0.4, 0.5) is 0 Å². The number of ether oxygens (including phenoxy) is 1. The molecule has 1 atom stereocenters. The lowest BCUT2D eigenvalue weighted by molar-refractivity contribution is 0.191. The van der Waals surface area contributed by atoms with Crippen LogP contribution in [0, 0.1) is 0 Å². The van der Waals surface area contributed by atoms with Crippen LogP contribution in [0.2, 0.25) is 0 Å². The van der Waals surface area contributed by atoms with Crippen molar-refractivity contribution in [1.82, 2.24) is 9.55 Å². The Morgan fingerprint density at radius 3 is 1.96 bits per heavy atom. The molecule has 3 nitrogen and oxygen atoms in total. The van der Waals surface area contributed by atoms with Crippen LogP contribution in [0.15, 0.2) is 97.2 Å². The molecule has 0 saturated heterocycles. The number of benzene rings is 3. The number of fused-ring (bicyclic) bond motifs is 1. The molecule has 4 aromatic rings. The molecule has 0 spiro atoms. The van der Waals surface area contributed by atoms with Gasteiger partial charge in [0.1, 0.15) is 5.76 Å². The Balaban J connectivity index is 1.65. The largest absolute Gasteiger partial charge is 0.476 e. The Morgan fingerprint density at radius 1 is 0.704 bits per heavy atom. The van der Waals surface area contributed by atoms with Crippen LogP contribution in [-0.4, -0.2) is 9.55 Å². The molecule has 0 aliphatic carbocycles. The molecule has 0 bridgehead atoms. The van der Waals surface area contributed by atoms with Gasteiger partial charge >= 0.3 is 0 Å². The molecule has 130 valence electrons. The van der Waals surface area contributed by atoms with Gasteiger partial charge in [-0.2, -0.15) is 0 Å². The van der Waals surface area contributed by atoms with E-state index in [-0.39, 0.29) is 6.10 Å². The molecule has 0 radical (unpaired) electrons. The molecule has 1 aliphatic heterocycles. The Hall–Kier alpha value is -3.59. The Labute approximate surface area is 158 Å². The van der Waals surface area contributed by atoms with Gasteiger partial charge in [0.15, 0.2) is 11.9 Å². The van der Waals surface area contributed by atoms with Crippen LogP contribution < -0.4 is 0 Å². The van der Waals surface area contributed by atoms with E-state index in [1.165, 1.54) is 0 Å². The van der Waals surface area contributed by atoms with Crippen molar-refractivity contribution in [2.24, 2.45) is 0 Å². The highest BCUT2D eigenvalue weighted by molar-refractivity contribution is 5.73. The summed E-state index contributed by atoms with van der Waals surface area (Å²) in [4.78, 5) is 4.90. The minimum absolute atomic E-state index is 0.246. The highest BCUT2D eigenvalue weighted by Crippen LogP contribution is 2.37. The molecule has 3 aromatic carbocycles. The normalized spacial score (nSPS) is 15.6. The van der Waals surface area contributed by atoms with E-state index in [1.807, 2.05) is 60.8 Å². The van der Waals surface area contributed by atoms with Crippen LogP contribution in [0.3, 0.4) is 0 Å². The fourth-order valence-corrected chi connectivity index (χ4v) is 3.38. The standard InChI is InChI=1S/C24H18N2O/c1-4-10-18(11-5-1)21-16-26-17-22(19-12-6-2-7-13-19)27-23(24(26)25-21)20-14-8-3-9-15-20/h1-17,23H. The second kappa shape index (κ2) is 6.61. The van der Waals surface area contributed by atoms with Crippen LogP contribution in [-0.2, 0) is 4.74 Å². The average Bonchev–Trinajstić information content (AvgIpc) is 3.19. The van der Waals surface area contributed by atoms with Crippen molar-refractivity contribution in [1.29, 1.82) is 0 Å². The first-order chi connectivity index (χ1) is 13.4. The van der Waals surface area contributed by atoms with Gasteiger partial charge in [0.2, 0.25) is 0 Å². The zero-order valence-electron chi connectivity index (χ0n) is 14.7. The second-order valence-corrected chi connectivity index (χ2v) is 6.53. The molecule has 0 amide bonds. The fourth-order valence-electron chi connectivity index (χ4n) is 3.38. The smallest absolute Gasteiger partial charge is 0.182 e.